The molecule has 31 heavy (non-hydrogen) atoms. The standard InChI is InChI=1S/C25H22N4OS/c1-17-10-9-13-21(16-17)29-25(31-24(27-29)19(3)30)23-15-8-7-14-22(23)18(2)26-28(25)20-11-5-4-6-12-20/h4-16H,1-3H3/t25-/m0/s1. The Morgan fingerprint density at radius 2 is 1.52 bits per heavy atom. The van der Waals surface area contributed by atoms with Crippen LogP contribution in [0.4, 0.5) is 11.4 Å². The normalized spacial score (nSPS) is 19.8. The molecule has 5 rings (SSSR count). The van der Waals surface area contributed by atoms with Crippen molar-refractivity contribution in [3.63, 3.8) is 0 Å². The molecule has 2 aliphatic heterocycles. The number of benzene rings is 3. The van der Waals surface area contributed by atoms with E-state index in [9.17, 15) is 4.79 Å². The number of aryl methyl sites for hydroxylation is 1. The first-order valence-electron chi connectivity index (χ1n) is 10.2. The van der Waals surface area contributed by atoms with Crippen LogP contribution in [0.5, 0.6) is 0 Å². The van der Waals surface area contributed by atoms with Gasteiger partial charge >= 0.3 is 0 Å². The molecule has 5 nitrogen and oxygen atoms in total. The van der Waals surface area contributed by atoms with Crippen LogP contribution in [-0.4, -0.2) is 16.5 Å². The van der Waals surface area contributed by atoms with E-state index >= 15 is 0 Å². The van der Waals surface area contributed by atoms with Gasteiger partial charge in [-0.25, -0.2) is 10.0 Å². The van der Waals surface area contributed by atoms with Gasteiger partial charge in [0.2, 0.25) is 4.99 Å². The largest absolute Gasteiger partial charge is 0.292 e. The van der Waals surface area contributed by atoms with Crippen molar-refractivity contribution in [1.29, 1.82) is 0 Å². The van der Waals surface area contributed by atoms with E-state index in [-0.39, 0.29) is 5.78 Å². The van der Waals surface area contributed by atoms with E-state index in [1.54, 1.807) is 6.92 Å². The average Bonchev–Trinajstić information content (AvgIpc) is 3.19. The number of para-hydroxylation sites is 1. The van der Waals surface area contributed by atoms with Crippen molar-refractivity contribution in [2.75, 3.05) is 10.0 Å². The zero-order chi connectivity index (χ0) is 21.6. The summed E-state index contributed by atoms with van der Waals surface area (Å²) in [7, 11) is 0. The number of carbonyl (C=O) groups excluding carboxylic acids is 1. The van der Waals surface area contributed by atoms with E-state index in [0.717, 1.165) is 33.8 Å². The van der Waals surface area contributed by atoms with E-state index in [0.29, 0.717) is 5.04 Å². The third-order valence-corrected chi connectivity index (χ3v) is 6.88. The van der Waals surface area contributed by atoms with Crippen molar-refractivity contribution in [3.05, 3.63) is 95.6 Å². The van der Waals surface area contributed by atoms with E-state index in [4.69, 9.17) is 10.2 Å². The van der Waals surface area contributed by atoms with Gasteiger partial charge in [-0.1, -0.05) is 54.6 Å². The molecule has 0 N–H and O–H groups in total. The highest BCUT2D eigenvalue weighted by Gasteiger charge is 2.55. The van der Waals surface area contributed by atoms with Crippen molar-refractivity contribution in [2.24, 2.45) is 10.2 Å². The Morgan fingerprint density at radius 3 is 2.26 bits per heavy atom. The van der Waals surface area contributed by atoms with Gasteiger partial charge in [-0.05, 0) is 55.4 Å². The minimum absolute atomic E-state index is 0.0590. The van der Waals surface area contributed by atoms with Crippen LogP contribution >= 0.6 is 11.8 Å². The fourth-order valence-corrected chi connectivity index (χ4v) is 5.35. The lowest BCUT2D eigenvalue weighted by atomic mass is 9.98. The molecule has 0 fully saturated rings. The number of hydrogen-bond acceptors (Lipinski definition) is 6. The highest BCUT2D eigenvalue weighted by atomic mass is 32.2. The Morgan fingerprint density at radius 1 is 0.839 bits per heavy atom. The van der Waals surface area contributed by atoms with Gasteiger partial charge in [0.1, 0.15) is 0 Å². The van der Waals surface area contributed by atoms with Gasteiger partial charge in [-0.15, -0.1) is 0 Å². The zero-order valence-electron chi connectivity index (χ0n) is 17.6. The first-order chi connectivity index (χ1) is 15.0. The lowest BCUT2D eigenvalue weighted by Gasteiger charge is -2.46. The molecule has 0 aromatic heterocycles. The quantitative estimate of drug-likeness (QED) is 0.554. The van der Waals surface area contributed by atoms with Crippen LogP contribution < -0.4 is 10.0 Å². The Balaban J connectivity index is 1.82. The summed E-state index contributed by atoms with van der Waals surface area (Å²) in [6, 6.07) is 26.5. The van der Waals surface area contributed by atoms with E-state index in [1.165, 1.54) is 11.8 Å². The lowest BCUT2D eigenvalue weighted by Crippen LogP contribution is -2.53. The van der Waals surface area contributed by atoms with Crippen LogP contribution in [0, 0.1) is 6.92 Å². The Labute approximate surface area is 186 Å². The van der Waals surface area contributed by atoms with Gasteiger partial charge in [0.25, 0.3) is 0 Å². The Bertz CT molecular complexity index is 1240. The van der Waals surface area contributed by atoms with Crippen LogP contribution in [0.1, 0.15) is 30.5 Å². The highest BCUT2D eigenvalue weighted by molar-refractivity contribution is 8.17. The number of thioether (sulfide) groups is 1. The first kappa shape index (κ1) is 19.6. The molecule has 0 saturated carbocycles. The summed E-state index contributed by atoms with van der Waals surface area (Å²) in [5.74, 6) is -0.0590. The van der Waals surface area contributed by atoms with Crippen molar-refractivity contribution in [1.82, 2.24) is 0 Å². The summed E-state index contributed by atoms with van der Waals surface area (Å²) in [5.41, 5.74) is 6.00. The summed E-state index contributed by atoms with van der Waals surface area (Å²) >= 11 is 1.44. The van der Waals surface area contributed by atoms with Gasteiger partial charge in [-0.2, -0.15) is 10.2 Å². The first-order valence-corrected chi connectivity index (χ1v) is 11.0. The van der Waals surface area contributed by atoms with Gasteiger partial charge in [-0.3, -0.25) is 4.79 Å². The summed E-state index contributed by atoms with van der Waals surface area (Å²) in [6.07, 6.45) is 0. The summed E-state index contributed by atoms with van der Waals surface area (Å²) < 4.78 is 0. The summed E-state index contributed by atoms with van der Waals surface area (Å²) in [6.45, 7) is 5.64. The number of carbonyl (C=O) groups is 1. The number of Topliss-reactive ketones (excluding diaryl/α,β-unsaturated/α-hetero) is 1. The molecule has 3 aromatic carbocycles. The maximum atomic E-state index is 12.5. The third-order valence-electron chi connectivity index (χ3n) is 5.47. The van der Waals surface area contributed by atoms with Crippen LogP contribution in [0.3, 0.4) is 0 Å². The number of nitrogens with zero attached hydrogens (tertiary/aromatic N) is 4. The predicted molar refractivity (Wildman–Crippen MR) is 129 cm³/mol. The third kappa shape index (κ3) is 3.06. The molecule has 2 heterocycles. The van der Waals surface area contributed by atoms with Crippen LogP contribution in [0.2, 0.25) is 0 Å². The van der Waals surface area contributed by atoms with Crippen LogP contribution in [0.25, 0.3) is 0 Å². The molecular formula is C25H22N4OS. The minimum atomic E-state index is -0.855. The smallest absolute Gasteiger partial charge is 0.234 e. The highest BCUT2D eigenvalue weighted by Crippen LogP contribution is 2.54. The molecule has 3 aromatic rings. The molecule has 0 bridgehead atoms. The minimum Gasteiger partial charge on any atom is -0.292 e. The van der Waals surface area contributed by atoms with Crippen molar-refractivity contribution in [3.8, 4) is 0 Å². The number of ketones is 1. The SMILES string of the molecule is CC(=O)C1=NN(c2cccc(C)c2)[C@]2(S1)c1ccccc1C(C)=NN2c1ccccc1. The monoisotopic (exact) mass is 426 g/mol. The van der Waals surface area contributed by atoms with Crippen molar-refractivity contribution in [2.45, 2.75) is 25.8 Å². The summed E-state index contributed by atoms with van der Waals surface area (Å²) in [5, 5.41) is 14.3. The molecule has 1 atom stereocenters. The van der Waals surface area contributed by atoms with Gasteiger partial charge in [0, 0.05) is 18.1 Å². The second-order valence-electron chi connectivity index (χ2n) is 7.70. The van der Waals surface area contributed by atoms with Crippen molar-refractivity contribution >= 4 is 39.7 Å². The van der Waals surface area contributed by atoms with Gasteiger partial charge in [0.05, 0.1) is 17.1 Å². The second kappa shape index (κ2) is 7.39. The molecule has 0 amide bonds. The summed E-state index contributed by atoms with van der Waals surface area (Å²) in [4.78, 5) is 11.6. The molecule has 154 valence electrons. The fraction of sp³-hybridized carbons (Fsp3) is 0.160. The van der Waals surface area contributed by atoms with Gasteiger partial charge in [0.15, 0.2) is 10.8 Å². The van der Waals surface area contributed by atoms with E-state index in [2.05, 4.69) is 31.2 Å². The molecule has 1 spiro atoms. The Hall–Kier alpha value is -3.38. The molecule has 0 radical (unpaired) electrons. The second-order valence-corrected chi connectivity index (χ2v) is 8.86. The molecule has 0 unspecified atom stereocenters. The van der Waals surface area contributed by atoms with E-state index in [1.807, 2.05) is 71.5 Å². The number of fused-ring (bicyclic) bond motifs is 2. The lowest BCUT2D eigenvalue weighted by molar-refractivity contribution is -0.110. The number of hydrogen-bond donors (Lipinski definition) is 0. The van der Waals surface area contributed by atoms with Crippen molar-refractivity contribution < 1.29 is 4.79 Å². The number of hydrazone groups is 2. The molecule has 2 aliphatic rings. The number of anilines is 2. The predicted octanol–water partition coefficient (Wildman–Crippen LogP) is 5.51. The average molecular weight is 427 g/mol. The molecule has 0 saturated heterocycles. The topological polar surface area (TPSA) is 48.3 Å². The maximum absolute atomic E-state index is 12.5. The van der Waals surface area contributed by atoms with Crippen LogP contribution in [0.15, 0.2) is 89.1 Å². The Kier molecular flexibility index (Phi) is 4.67. The van der Waals surface area contributed by atoms with E-state index < -0.39 is 4.99 Å². The zero-order valence-corrected chi connectivity index (χ0v) is 18.4. The van der Waals surface area contributed by atoms with Crippen LogP contribution in [-0.2, 0) is 9.79 Å². The molecular weight excluding hydrogens is 404 g/mol. The van der Waals surface area contributed by atoms with Gasteiger partial charge < -0.3 is 0 Å². The fourth-order valence-electron chi connectivity index (χ4n) is 4.06. The number of rotatable bonds is 3. The maximum Gasteiger partial charge on any atom is 0.234 e. The molecule has 6 heteroatoms. The molecule has 0 aliphatic carbocycles.